The van der Waals surface area contributed by atoms with Gasteiger partial charge in [0.05, 0.1) is 11.1 Å². The van der Waals surface area contributed by atoms with E-state index in [9.17, 15) is 26.3 Å². The van der Waals surface area contributed by atoms with Gasteiger partial charge in [0.25, 0.3) is 0 Å². The van der Waals surface area contributed by atoms with E-state index in [2.05, 4.69) is 24.3 Å². The van der Waals surface area contributed by atoms with Gasteiger partial charge in [-0.25, -0.2) is 0 Å². The average molecular weight is 767 g/mol. The van der Waals surface area contributed by atoms with E-state index in [0.717, 1.165) is 79.2 Å². The first-order valence-electron chi connectivity index (χ1n) is 13.0. The van der Waals surface area contributed by atoms with Crippen LogP contribution in [0.3, 0.4) is 0 Å². The SMILES string of the molecule is Cc1cc2c(-c3ccc(C(F)(F)F)cc3)cccc2[cH-]1.Cc1cc2c(-c3ccc(C(F)(F)F)cc3)cccc2[cH-]1.[CH3-].[CH3-].[Cl][Zr][Cl].[Si]. The molecule has 0 unspecified atom stereocenters. The van der Waals surface area contributed by atoms with Crippen molar-refractivity contribution in [3.05, 3.63) is 146 Å². The topological polar surface area (TPSA) is 0 Å². The van der Waals surface area contributed by atoms with Crippen LogP contribution in [0.15, 0.2) is 109 Å². The molecular formula is C36H30Cl2F6SiZr-4. The minimum Gasteiger partial charge on any atom is 0 e. The van der Waals surface area contributed by atoms with Gasteiger partial charge in [-0.3, -0.25) is 0 Å². The molecule has 0 aromatic heterocycles. The molecule has 0 aliphatic carbocycles. The van der Waals surface area contributed by atoms with Crippen LogP contribution in [0.2, 0.25) is 0 Å². The molecule has 10 heteroatoms. The zero-order valence-corrected chi connectivity index (χ0v) is 30.4. The van der Waals surface area contributed by atoms with Crippen LogP contribution in [0.5, 0.6) is 0 Å². The summed E-state index contributed by atoms with van der Waals surface area (Å²) in [4.78, 5) is 0. The van der Waals surface area contributed by atoms with Gasteiger partial charge < -0.3 is 14.9 Å². The fourth-order valence-electron chi connectivity index (χ4n) is 4.95. The number of hydrogen-bond donors (Lipinski definition) is 0. The monoisotopic (exact) mass is 764 g/mol. The molecule has 0 aliphatic rings. The fraction of sp³-hybridized carbons (Fsp3) is 0.111. The largest absolute Gasteiger partial charge is 0 e. The van der Waals surface area contributed by atoms with Gasteiger partial charge in [0.2, 0.25) is 0 Å². The predicted octanol–water partition coefficient (Wildman–Crippen LogP) is 13.0. The van der Waals surface area contributed by atoms with Gasteiger partial charge in [0, 0.05) is 11.0 Å². The molecule has 46 heavy (non-hydrogen) atoms. The third-order valence-corrected chi connectivity index (χ3v) is 6.84. The minimum atomic E-state index is -4.29. The fourth-order valence-corrected chi connectivity index (χ4v) is 4.95. The van der Waals surface area contributed by atoms with Crippen molar-refractivity contribution in [1.82, 2.24) is 0 Å². The Morgan fingerprint density at radius 1 is 0.543 bits per heavy atom. The molecule has 0 aliphatic heterocycles. The van der Waals surface area contributed by atoms with Crippen molar-refractivity contribution in [3.8, 4) is 22.3 Å². The van der Waals surface area contributed by atoms with Gasteiger partial charge in [-0.1, -0.05) is 61.4 Å². The van der Waals surface area contributed by atoms with E-state index in [1.54, 1.807) is 0 Å². The molecule has 4 radical (unpaired) electrons. The molecule has 0 N–H and O–H groups in total. The maximum absolute atomic E-state index is 12.6. The molecule has 6 aromatic carbocycles. The maximum atomic E-state index is 12.6. The van der Waals surface area contributed by atoms with Gasteiger partial charge in [0.1, 0.15) is 0 Å². The first-order valence-corrected chi connectivity index (χ1v) is 19.3. The molecule has 0 spiro atoms. The van der Waals surface area contributed by atoms with Crippen LogP contribution in [-0.2, 0) is 33.2 Å². The van der Waals surface area contributed by atoms with E-state index < -0.39 is 44.3 Å². The van der Waals surface area contributed by atoms with Crippen molar-refractivity contribution in [2.45, 2.75) is 26.2 Å². The molecule has 0 saturated carbocycles. The smallest absolute Gasteiger partial charge is 0 e. The molecule has 0 amide bonds. The van der Waals surface area contributed by atoms with E-state index in [0.29, 0.717) is 0 Å². The van der Waals surface area contributed by atoms with Crippen molar-refractivity contribution in [3.63, 3.8) is 0 Å². The Labute approximate surface area is 289 Å². The number of halogens is 8. The van der Waals surface area contributed by atoms with Gasteiger partial charge in [-0.2, -0.15) is 38.5 Å². The normalized spacial score (nSPS) is 10.7. The summed E-state index contributed by atoms with van der Waals surface area (Å²) < 4.78 is 75.5. The molecule has 0 saturated heterocycles. The average Bonchev–Trinajstić information content (AvgIpc) is 3.53. The Hall–Kier alpha value is -2.64. The van der Waals surface area contributed by atoms with Crippen LogP contribution in [-0.4, -0.2) is 11.0 Å². The Morgan fingerprint density at radius 2 is 0.848 bits per heavy atom. The van der Waals surface area contributed by atoms with Crippen molar-refractivity contribution in [2.75, 3.05) is 0 Å². The van der Waals surface area contributed by atoms with Crippen molar-refractivity contribution < 1.29 is 47.2 Å². The van der Waals surface area contributed by atoms with E-state index in [4.69, 9.17) is 17.0 Å². The zero-order valence-electron chi connectivity index (χ0n) is 25.4. The minimum absolute atomic E-state index is 0. The predicted molar refractivity (Wildman–Crippen MR) is 180 cm³/mol. The standard InChI is InChI=1S/2C17H12F3.2CH3.2ClH.Si.Zr/c2*1-11-9-13-3-2-4-15(16(13)10-11)12-5-7-14(8-6-12)17(18,19)20;;;;;;/h2*2-10H,1H3;2*1H3;2*1H;;/q4*-1;;;;+2/p-2. The molecular weight excluding hydrogens is 737 g/mol. The molecule has 0 bridgehead atoms. The van der Waals surface area contributed by atoms with E-state index >= 15 is 0 Å². The van der Waals surface area contributed by atoms with Crippen molar-refractivity contribution >= 4 is 49.5 Å². The number of benzene rings is 4. The summed E-state index contributed by atoms with van der Waals surface area (Å²) in [7, 11) is 9.87. The van der Waals surface area contributed by atoms with E-state index in [-0.39, 0.29) is 25.8 Å². The molecule has 0 heterocycles. The summed E-state index contributed by atoms with van der Waals surface area (Å²) in [5.74, 6) is 0. The summed E-state index contributed by atoms with van der Waals surface area (Å²) in [6.45, 7) is 4.02. The van der Waals surface area contributed by atoms with E-state index in [1.807, 2.05) is 50.2 Å². The number of fused-ring (bicyclic) bond motifs is 2. The Balaban J connectivity index is 0.000000400. The second-order valence-electron chi connectivity index (χ2n) is 9.90. The molecule has 0 nitrogen and oxygen atoms in total. The van der Waals surface area contributed by atoms with Crippen LogP contribution in [0, 0.1) is 28.7 Å². The van der Waals surface area contributed by atoms with Crippen LogP contribution >= 0.6 is 17.0 Å². The maximum Gasteiger partial charge on any atom is 0 e. The summed E-state index contributed by atoms with van der Waals surface area (Å²) in [5, 5.41) is 4.37. The number of rotatable bonds is 2. The Morgan fingerprint density at radius 3 is 1.13 bits per heavy atom. The second-order valence-corrected chi connectivity index (χ2v) is 13.6. The second kappa shape index (κ2) is 17.5. The summed E-state index contributed by atoms with van der Waals surface area (Å²) in [5.41, 5.74) is 4.59. The Kier molecular flexibility index (Phi) is 15.7. The third kappa shape index (κ3) is 10.2. The first kappa shape index (κ1) is 41.4. The molecule has 242 valence electrons. The third-order valence-electron chi connectivity index (χ3n) is 6.84. The van der Waals surface area contributed by atoms with Gasteiger partial charge >= 0.3 is 50.2 Å². The van der Waals surface area contributed by atoms with Gasteiger partial charge in [-0.05, 0) is 35.4 Å². The molecule has 6 aromatic rings. The van der Waals surface area contributed by atoms with Crippen LogP contribution in [0.1, 0.15) is 22.3 Å². The van der Waals surface area contributed by atoms with Gasteiger partial charge in [-0.15, -0.1) is 69.1 Å². The number of hydrogen-bond acceptors (Lipinski definition) is 0. The summed E-state index contributed by atoms with van der Waals surface area (Å²) >= 11 is -0.826. The number of aryl methyl sites for hydroxylation is 2. The summed E-state index contributed by atoms with van der Waals surface area (Å²) in [6.07, 6.45) is -8.58. The van der Waals surface area contributed by atoms with Gasteiger partial charge in [0.15, 0.2) is 0 Å². The van der Waals surface area contributed by atoms with Crippen LogP contribution < -0.4 is 0 Å². The number of alkyl halides is 6. The van der Waals surface area contributed by atoms with E-state index in [1.165, 1.54) is 24.3 Å². The summed E-state index contributed by atoms with van der Waals surface area (Å²) in [6, 6.07) is 30.6. The molecule has 0 fully saturated rings. The van der Waals surface area contributed by atoms with Crippen molar-refractivity contribution in [2.24, 2.45) is 0 Å². The molecule has 0 atom stereocenters. The Bertz CT molecular complexity index is 1670. The van der Waals surface area contributed by atoms with Crippen LogP contribution in [0.4, 0.5) is 26.3 Å². The van der Waals surface area contributed by atoms with Crippen LogP contribution in [0.25, 0.3) is 43.8 Å². The van der Waals surface area contributed by atoms with Crippen molar-refractivity contribution in [1.29, 1.82) is 0 Å². The molecule has 6 rings (SSSR count). The quantitative estimate of drug-likeness (QED) is 0.0935. The first-order chi connectivity index (χ1) is 20.3. The zero-order chi connectivity index (χ0) is 31.4.